The number of hydrogen-bond acceptors (Lipinski definition) is 56. The molecule has 0 radical (unpaired) electrons. The molecule has 16 bridgehead atoms. The molecule has 0 amide bonds. The summed E-state index contributed by atoms with van der Waals surface area (Å²) in [5.41, 5.74) is 0. The van der Waals surface area contributed by atoms with Gasteiger partial charge in [0.2, 0.25) is 0 Å². The van der Waals surface area contributed by atoms with Crippen molar-refractivity contribution in [1.82, 2.24) is 0 Å². The maximum Gasteiger partial charge on any atom is 1.00 e. The number of thioether (sulfide) groups is 7. The zero-order valence-electron chi connectivity index (χ0n) is 76.0. The van der Waals surface area contributed by atoms with Crippen molar-refractivity contribution >= 4 is 141 Å². The van der Waals surface area contributed by atoms with Gasteiger partial charge in [-0.15, -0.1) is 0 Å². The van der Waals surface area contributed by atoms with E-state index in [1.54, 1.807) is 0 Å². The summed E-state index contributed by atoms with van der Waals surface area (Å²) in [6.07, 6.45) is -90.9. The molecule has 16 N–H and O–H groups in total. The van der Waals surface area contributed by atoms with Crippen molar-refractivity contribution in [2.75, 3.05) is 92.0 Å². The largest absolute Gasteiger partial charge is 1.00 e. The van der Waals surface area contributed by atoms with E-state index in [0.717, 1.165) is 82.3 Å². The number of carbonyl (C=O) groups excluding carboxylic acids is 8. The number of ether oxygens (including phenoxy) is 16. The maximum atomic E-state index is 13.9. The van der Waals surface area contributed by atoms with E-state index in [9.17, 15) is 165 Å². The van der Waals surface area contributed by atoms with Crippen LogP contribution in [0.25, 0.3) is 0 Å². The molecule has 0 aromatic carbocycles. The number of carbonyl (C=O) groups is 8. The minimum atomic E-state index is -2.46. The molecule has 0 aliphatic carbocycles. The number of hydrogen-bond donors (Lipinski definition) is 16. The second-order valence-corrected chi connectivity index (χ2v) is 40.5. The number of carboxylic acids is 8. The maximum absolute atomic E-state index is 13.9. The van der Waals surface area contributed by atoms with E-state index in [2.05, 4.69) is 0 Å². The molecule has 30 rings (SSSR count). The van der Waals surface area contributed by atoms with Crippen LogP contribution in [0.15, 0.2) is 0 Å². The van der Waals surface area contributed by atoms with Gasteiger partial charge in [0.1, 0.15) is 153 Å². The Morgan fingerprint density at radius 2 is 0.321 bits per heavy atom. The molecule has 0 aromatic rings. The summed E-state index contributed by atoms with van der Waals surface area (Å²) >= 11 is 5.60. The smallest absolute Gasteiger partial charge is 0.550 e. The average molecular weight is 2190 g/mol. The van der Waals surface area contributed by atoms with Crippen molar-refractivity contribution < 1.29 is 477 Å². The van der Waals surface area contributed by atoms with Gasteiger partial charge in [-0.25, -0.2) is 0 Å². The first kappa shape index (κ1) is 140. The normalized spacial score (nSPS) is 39.1. The third kappa shape index (κ3) is 41.9. The Morgan fingerprint density at radius 1 is 0.197 bits per heavy atom. The summed E-state index contributed by atoms with van der Waals surface area (Å²) < 4.78 is 113. The Balaban J connectivity index is 0.0000117. The van der Waals surface area contributed by atoms with E-state index in [1.165, 1.54) is 0 Å². The molecule has 65 heteroatoms. The van der Waals surface area contributed by atoms with Gasteiger partial charge in [-0.3, -0.25) is 4.21 Å². The Bertz CT molecular complexity index is 3490. The van der Waals surface area contributed by atoms with Crippen LogP contribution in [0.1, 0.15) is 51.4 Å². The molecule has 137 heavy (non-hydrogen) atoms. The summed E-state index contributed by atoms with van der Waals surface area (Å²) in [5.74, 6) is -19.0. The molecule has 1 unspecified atom stereocenters. The first-order valence-electron chi connectivity index (χ1n) is 40.5. The van der Waals surface area contributed by atoms with Gasteiger partial charge in [0, 0.05) is 105 Å². The summed E-state index contributed by atoms with van der Waals surface area (Å²) in [6, 6.07) is 0. The quantitative estimate of drug-likeness (QED) is 0.0200. The SMILES string of the molecule is O=C([O-])CCSC[C@H]1O[C@H]2O[C@@H]3[C@H](O)[C@@H](O)[C@H](O[C@H]4[C@H](O)[C@@H](O)[C@@H](O[C@H]5[C@H](O)[C@H](O)[C@@H](O[C@@H]6[C@H](O)[C@@H](O)[C@H](O[C@@H]7[C@H](O)[C@@H](O)[C@H](O[C@H]8[C@H](O)[C@@H](O)[C@@H](O[C@H]9[C@H](O)[C@H](O)[C@@H](O[C@@H]1[C@H](O)[C@H]2O)O[C@@H]9CSCCC(=O)[O-])O[C@@H]8CSCCC(=O)[O-])O[C@@H]7CSCCC(=O)[O-])O[C@@H]6CSCCC(=O)[O-])O[C@@H]5CS(=O)CCC(=O)[O-])O[C@@H]4CSCCC(=O)[O-])O[C@@H]3CSCCC(=O)[O-].[Na+].[Na+].[Na+].[Na+].[Na+].[Na+].[Na+].[Na+]. The van der Waals surface area contributed by atoms with Crippen molar-refractivity contribution in [3.8, 4) is 0 Å². The molecule has 742 valence electrons. The van der Waals surface area contributed by atoms with E-state index >= 15 is 0 Å². The molecule has 30 fully saturated rings. The van der Waals surface area contributed by atoms with Gasteiger partial charge in [-0.1, -0.05) is 0 Å². The van der Waals surface area contributed by atoms with E-state index in [0.29, 0.717) is 0 Å². The summed E-state index contributed by atoms with van der Waals surface area (Å²) in [6.45, 7) is 0. The van der Waals surface area contributed by atoms with Crippen molar-refractivity contribution in [2.24, 2.45) is 0 Å². The van der Waals surface area contributed by atoms with E-state index < -0.39 is 407 Å². The molecule has 0 spiro atoms. The molecule has 30 heterocycles. The predicted octanol–water partition coefficient (Wildman–Crippen LogP) is -43.3. The molecular weight excluding hydrogens is 2090 g/mol. The van der Waals surface area contributed by atoms with Crippen LogP contribution in [0.2, 0.25) is 0 Å². The molecule has 30 aliphatic heterocycles. The van der Waals surface area contributed by atoms with Gasteiger partial charge in [0.15, 0.2) is 50.3 Å². The topological polar surface area (TPSA) is 809 Å². The Hall–Kier alpha value is 5.08. The van der Waals surface area contributed by atoms with E-state index in [1.807, 2.05) is 0 Å². The standard InChI is InChI=1S/C72H112O49S8.8Na/c73-33(74)1-9-122-17-25-57-41(89)49(97)65(106-25)115-58-26(18-123-10-2-34(75)76)108-67(51(99)43(58)91)117-60-28(20-125-12-4-36(79)80)110-69(53(101)45(60)93)119-62-30(22-127-14-6-38(83)84)112-71(55(103)47(62)95)121-64-32(24-129(105)16-8-40(87)88)113-72(56(104)48(64)96)120-63-31(23-128-15-7-39(85)86)111-70(54(102)46(63)94)118-61-29(21-126-13-5-37(81)82)109-68(52(100)44(61)92)116-59-27(19-124-11-3-35(77)78)107-66(114-57)50(98)42(59)90;;;;;;;;/h25-32,41-72,89-104H,1-24H2,(H,73,74)(H,75,76)(H,77,78)(H,79,80)(H,81,82)(H,83,84)(H,85,86)(H,87,88);;;;;;;;/q;8*+1/p-8/t25-,26-,27-,28-,29-,30-,31-,32-,41-,42-,43-,44-,45-,46-,47-,48-,49+,50-,51-,52-,53-,54-,55-,56+,57-,58+,59-,60+,61+,62-,63+,64-,65-,66-,67+,68+,69+,70+,71-,72-,129?;;;;;;;;/m1......../s1. The van der Waals surface area contributed by atoms with Gasteiger partial charge in [0.05, 0.1) is 48.5 Å². The van der Waals surface area contributed by atoms with E-state index in [4.69, 9.17) is 75.8 Å². The molecule has 30 saturated heterocycles. The van der Waals surface area contributed by atoms with Gasteiger partial charge in [-0.05, 0) is 91.6 Å². The third-order valence-corrected chi connectivity index (χ3v) is 30.2. The van der Waals surface area contributed by atoms with Crippen LogP contribution in [-0.4, -0.2) is 471 Å². The third-order valence-electron chi connectivity index (χ3n) is 21.5. The number of rotatable bonds is 40. The van der Waals surface area contributed by atoms with Crippen LogP contribution < -0.4 is 277 Å². The zero-order valence-corrected chi connectivity index (χ0v) is 98.5. The fourth-order valence-corrected chi connectivity index (χ4v) is 22.8. The summed E-state index contributed by atoms with van der Waals surface area (Å²) in [7, 11) is -2.37. The monoisotopic (exact) mass is 2190 g/mol. The van der Waals surface area contributed by atoms with Crippen LogP contribution in [0.4, 0.5) is 0 Å². The predicted molar refractivity (Wildman–Crippen MR) is 421 cm³/mol. The van der Waals surface area contributed by atoms with Crippen molar-refractivity contribution in [3.63, 3.8) is 0 Å². The molecular formula is C72H104Na8O49S8. The Morgan fingerprint density at radius 3 is 0.453 bits per heavy atom. The fourth-order valence-electron chi connectivity index (χ4n) is 14.7. The second-order valence-electron chi connectivity index (χ2n) is 30.8. The minimum absolute atomic E-state index is 0. The van der Waals surface area contributed by atoms with Crippen molar-refractivity contribution in [3.05, 3.63) is 0 Å². The average Bonchev–Trinajstić information content (AvgIpc) is 0.768. The fraction of sp³-hybridized carbons (Fsp3) is 0.889. The first-order chi connectivity index (χ1) is 61.1. The minimum Gasteiger partial charge on any atom is -0.550 e. The van der Waals surface area contributed by atoms with Gasteiger partial charge in [-0.2, -0.15) is 82.3 Å². The molecule has 49 nitrogen and oxygen atoms in total. The molecule has 0 aromatic heterocycles. The number of aliphatic hydroxyl groups excluding tert-OH is 16. The van der Waals surface area contributed by atoms with Crippen molar-refractivity contribution in [2.45, 2.75) is 297 Å². The van der Waals surface area contributed by atoms with Crippen molar-refractivity contribution in [1.29, 1.82) is 0 Å². The van der Waals surface area contributed by atoms with Crippen LogP contribution >= 0.6 is 82.3 Å². The molecule has 41 atom stereocenters. The van der Waals surface area contributed by atoms with Gasteiger partial charge in [0.25, 0.3) is 0 Å². The van der Waals surface area contributed by atoms with Crippen LogP contribution in [-0.2, 0) is 125 Å². The summed E-state index contributed by atoms with van der Waals surface area (Å²) in [4.78, 5) is 93.4. The van der Waals surface area contributed by atoms with Gasteiger partial charge < -0.3 is 237 Å². The number of aliphatic hydroxyl groups is 16. The molecule has 0 saturated carbocycles. The van der Waals surface area contributed by atoms with Crippen LogP contribution in [0.3, 0.4) is 0 Å². The van der Waals surface area contributed by atoms with Crippen LogP contribution in [0.5, 0.6) is 0 Å². The van der Waals surface area contributed by atoms with Crippen LogP contribution in [0, 0.1) is 0 Å². The van der Waals surface area contributed by atoms with E-state index in [-0.39, 0.29) is 277 Å². The Labute approximate surface area is 993 Å². The van der Waals surface area contributed by atoms with Gasteiger partial charge >= 0.3 is 236 Å². The second kappa shape index (κ2) is 69.8. The Kier molecular flexibility index (Phi) is 71.4. The number of carboxylic acid groups (broad SMARTS) is 8. The zero-order chi connectivity index (χ0) is 94.5. The summed E-state index contributed by atoms with van der Waals surface area (Å²) in [5, 5.41) is 288. The number of aliphatic carboxylic acids is 8. The first-order valence-corrected chi connectivity index (χ1v) is 50.1. The molecule has 30 aliphatic rings.